The van der Waals surface area contributed by atoms with Gasteiger partial charge in [-0.25, -0.2) is 0 Å². The number of allylic oxidation sites excluding steroid dienone is 2. The number of rotatable bonds is 7. The number of hydrogen-bond acceptors (Lipinski definition) is 4. The summed E-state index contributed by atoms with van der Waals surface area (Å²) in [7, 11) is 0. The molecule has 1 atom stereocenters. The molecule has 1 aromatic heterocycles. The molecule has 2 aromatic rings. The lowest BCUT2D eigenvalue weighted by molar-refractivity contribution is 0.104. The predicted octanol–water partition coefficient (Wildman–Crippen LogP) is 3.27. The molecular formula is C19H21N3O. The lowest BCUT2D eigenvalue weighted by Crippen LogP contribution is -2.27. The molecule has 0 aliphatic carbocycles. The van der Waals surface area contributed by atoms with Crippen LogP contribution in [0.25, 0.3) is 0 Å². The lowest BCUT2D eigenvalue weighted by atomic mass is 10.1. The molecular weight excluding hydrogens is 286 g/mol. The minimum atomic E-state index is -0.000197. The van der Waals surface area contributed by atoms with Crippen molar-refractivity contribution in [2.45, 2.75) is 19.9 Å². The SMILES string of the molecule is C/C(=C\C(=O)c1ccccc1)NC(C)CN=Cc1ccccn1. The molecule has 1 heterocycles. The fourth-order valence-corrected chi connectivity index (χ4v) is 2.12. The zero-order chi connectivity index (χ0) is 16.5. The van der Waals surface area contributed by atoms with Gasteiger partial charge in [-0.15, -0.1) is 0 Å². The Hall–Kier alpha value is -2.75. The van der Waals surface area contributed by atoms with Crippen LogP contribution in [-0.2, 0) is 0 Å². The van der Waals surface area contributed by atoms with Crippen LogP contribution in [0.1, 0.15) is 29.9 Å². The molecule has 0 saturated carbocycles. The van der Waals surface area contributed by atoms with Crippen LogP contribution < -0.4 is 5.32 Å². The van der Waals surface area contributed by atoms with E-state index in [1.165, 1.54) is 0 Å². The van der Waals surface area contributed by atoms with Crippen molar-refractivity contribution >= 4 is 12.0 Å². The fraction of sp³-hybridized carbons (Fsp3) is 0.211. The first-order valence-electron chi connectivity index (χ1n) is 7.60. The van der Waals surface area contributed by atoms with Crippen LogP contribution in [0.4, 0.5) is 0 Å². The second-order valence-electron chi connectivity index (χ2n) is 5.35. The van der Waals surface area contributed by atoms with Gasteiger partial charge in [-0.1, -0.05) is 36.4 Å². The summed E-state index contributed by atoms with van der Waals surface area (Å²) in [5, 5.41) is 3.27. The molecule has 23 heavy (non-hydrogen) atoms. The van der Waals surface area contributed by atoms with Crippen molar-refractivity contribution in [2.75, 3.05) is 6.54 Å². The molecule has 0 saturated heterocycles. The van der Waals surface area contributed by atoms with Gasteiger partial charge in [-0.2, -0.15) is 0 Å². The Morgan fingerprint density at radius 3 is 2.65 bits per heavy atom. The summed E-state index contributed by atoms with van der Waals surface area (Å²) in [6, 6.07) is 15.1. The van der Waals surface area contributed by atoms with Crippen molar-refractivity contribution in [1.82, 2.24) is 10.3 Å². The molecule has 0 aliphatic rings. The highest BCUT2D eigenvalue weighted by Gasteiger charge is 2.04. The normalized spacial score (nSPS) is 13.0. The van der Waals surface area contributed by atoms with Crippen LogP contribution in [0.15, 0.2) is 71.5 Å². The first-order valence-corrected chi connectivity index (χ1v) is 7.60. The highest BCUT2D eigenvalue weighted by molar-refractivity contribution is 6.04. The van der Waals surface area contributed by atoms with Gasteiger partial charge in [0, 0.05) is 35.8 Å². The van der Waals surface area contributed by atoms with Gasteiger partial charge in [0.2, 0.25) is 0 Å². The molecule has 1 aromatic carbocycles. The molecule has 118 valence electrons. The Morgan fingerprint density at radius 1 is 1.22 bits per heavy atom. The van der Waals surface area contributed by atoms with E-state index >= 15 is 0 Å². The number of pyridine rings is 1. The first kappa shape index (κ1) is 16.6. The molecule has 0 spiro atoms. The zero-order valence-electron chi connectivity index (χ0n) is 13.4. The number of carbonyl (C=O) groups excluding carboxylic acids is 1. The van der Waals surface area contributed by atoms with Gasteiger partial charge < -0.3 is 5.32 Å². The van der Waals surface area contributed by atoms with Crippen LogP contribution >= 0.6 is 0 Å². The number of aromatic nitrogens is 1. The van der Waals surface area contributed by atoms with Gasteiger partial charge in [0.05, 0.1) is 12.2 Å². The van der Waals surface area contributed by atoms with E-state index in [0.717, 1.165) is 11.4 Å². The maximum absolute atomic E-state index is 12.1. The van der Waals surface area contributed by atoms with Gasteiger partial charge in [0.25, 0.3) is 0 Å². The van der Waals surface area contributed by atoms with E-state index in [4.69, 9.17) is 0 Å². The van der Waals surface area contributed by atoms with Gasteiger partial charge in [0.15, 0.2) is 5.78 Å². The summed E-state index contributed by atoms with van der Waals surface area (Å²) in [5.41, 5.74) is 2.36. The van der Waals surface area contributed by atoms with E-state index < -0.39 is 0 Å². The van der Waals surface area contributed by atoms with Crippen molar-refractivity contribution in [3.8, 4) is 0 Å². The van der Waals surface area contributed by atoms with Crippen LogP contribution in [0.3, 0.4) is 0 Å². The molecule has 0 fully saturated rings. The maximum atomic E-state index is 12.1. The second kappa shape index (κ2) is 8.63. The van der Waals surface area contributed by atoms with Crippen LogP contribution in [0.5, 0.6) is 0 Å². The molecule has 1 N–H and O–H groups in total. The molecule has 0 amide bonds. The second-order valence-corrected chi connectivity index (χ2v) is 5.35. The molecule has 4 heteroatoms. The van der Waals surface area contributed by atoms with Crippen LogP contribution in [0.2, 0.25) is 0 Å². The van der Waals surface area contributed by atoms with Crippen molar-refractivity contribution in [3.63, 3.8) is 0 Å². The average molecular weight is 307 g/mol. The van der Waals surface area contributed by atoms with Gasteiger partial charge in [-0.05, 0) is 26.0 Å². The number of nitrogens with zero attached hydrogens (tertiary/aromatic N) is 2. The number of nitrogens with one attached hydrogen (secondary N) is 1. The van der Waals surface area contributed by atoms with Gasteiger partial charge in [0.1, 0.15) is 0 Å². The summed E-state index contributed by atoms with van der Waals surface area (Å²) < 4.78 is 0. The number of carbonyl (C=O) groups is 1. The first-order chi connectivity index (χ1) is 11.1. The quantitative estimate of drug-likeness (QED) is 0.485. The van der Waals surface area contributed by atoms with Crippen molar-refractivity contribution in [1.29, 1.82) is 0 Å². The molecule has 2 rings (SSSR count). The van der Waals surface area contributed by atoms with Crippen LogP contribution in [0, 0.1) is 0 Å². The highest BCUT2D eigenvalue weighted by Crippen LogP contribution is 2.03. The molecule has 4 nitrogen and oxygen atoms in total. The Bertz CT molecular complexity index is 678. The third kappa shape index (κ3) is 5.87. The zero-order valence-corrected chi connectivity index (χ0v) is 13.4. The summed E-state index contributed by atoms with van der Waals surface area (Å²) >= 11 is 0. The van der Waals surface area contributed by atoms with E-state index in [1.54, 1.807) is 18.5 Å². The molecule has 0 radical (unpaired) electrons. The maximum Gasteiger partial charge on any atom is 0.187 e. The smallest absolute Gasteiger partial charge is 0.187 e. The Balaban J connectivity index is 1.84. The fourth-order valence-electron chi connectivity index (χ4n) is 2.12. The third-order valence-electron chi connectivity index (χ3n) is 3.17. The lowest BCUT2D eigenvalue weighted by Gasteiger charge is -2.13. The largest absolute Gasteiger partial charge is 0.384 e. The molecule has 0 aliphatic heterocycles. The van der Waals surface area contributed by atoms with Crippen molar-refractivity contribution < 1.29 is 4.79 Å². The predicted molar refractivity (Wildman–Crippen MR) is 93.8 cm³/mol. The standard InChI is InChI=1S/C19H21N3O/c1-15(12-19(23)17-8-4-3-5-9-17)22-16(2)13-20-14-18-10-6-7-11-21-18/h3-12,14,16,22H,13H2,1-2H3/b15-12+,20-14?. The van der Waals surface area contributed by atoms with E-state index in [-0.39, 0.29) is 11.8 Å². The molecule has 1 unspecified atom stereocenters. The number of hydrogen-bond donors (Lipinski definition) is 1. The average Bonchev–Trinajstić information content (AvgIpc) is 2.56. The Morgan fingerprint density at radius 2 is 1.96 bits per heavy atom. The number of aliphatic imine (C=N–C) groups is 1. The van der Waals surface area contributed by atoms with E-state index in [2.05, 4.69) is 15.3 Å². The van der Waals surface area contributed by atoms with Gasteiger partial charge >= 0.3 is 0 Å². The summed E-state index contributed by atoms with van der Waals surface area (Å²) in [6.45, 7) is 4.53. The summed E-state index contributed by atoms with van der Waals surface area (Å²) in [5.74, 6) is -0.000197. The van der Waals surface area contributed by atoms with Crippen molar-refractivity contribution in [3.05, 3.63) is 77.8 Å². The summed E-state index contributed by atoms with van der Waals surface area (Å²) in [4.78, 5) is 20.6. The Kier molecular flexibility index (Phi) is 6.24. The number of ketones is 1. The monoisotopic (exact) mass is 307 g/mol. The highest BCUT2D eigenvalue weighted by atomic mass is 16.1. The minimum Gasteiger partial charge on any atom is -0.384 e. The van der Waals surface area contributed by atoms with Gasteiger partial charge in [-0.3, -0.25) is 14.8 Å². The topological polar surface area (TPSA) is 54.4 Å². The number of benzene rings is 1. The van der Waals surface area contributed by atoms with E-state index in [0.29, 0.717) is 12.1 Å². The van der Waals surface area contributed by atoms with Crippen molar-refractivity contribution in [2.24, 2.45) is 4.99 Å². The summed E-state index contributed by atoms with van der Waals surface area (Å²) in [6.07, 6.45) is 5.12. The van der Waals surface area contributed by atoms with E-state index in [9.17, 15) is 4.79 Å². The molecule has 0 bridgehead atoms. The Labute approximate surface area is 137 Å². The van der Waals surface area contributed by atoms with Crippen LogP contribution in [-0.4, -0.2) is 29.6 Å². The minimum absolute atomic E-state index is 0.000197. The van der Waals surface area contributed by atoms with E-state index in [1.807, 2.05) is 62.4 Å². The third-order valence-corrected chi connectivity index (χ3v) is 3.17.